The summed E-state index contributed by atoms with van der Waals surface area (Å²) in [5, 5.41) is 8.77. The maximum Gasteiger partial charge on any atom is 0.236 e. The number of hydrogen-bond donors (Lipinski definition) is 0. The molecule has 1 aromatic rings. The molecule has 1 amide bonds. The molecule has 2 heterocycles. The van der Waals surface area contributed by atoms with E-state index in [1.165, 1.54) is 6.42 Å². The summed E-state index contributed by atoms with van der Waals surface area (Å²) in [5.74, 6) is -1.28. The molecular weight excluding hydrogens is 326 g/mol. The Morgan fingerprint density at radius 3 is 2.16 bits per heavy atom. The summed E-state index contributed by atoms with van der Waals surface area (Å²) in [6.07, 6.45) is 3.32. The minimum atomic E-state index is -0.714. The van der Waals surface area contributed by atoms with Gasteiger partial charge in [-0.05, 0) is 31.4 Å². The standard InChI is InChI=1S/C18H22F2N4O/c19-15-10-14(12-21)11-16(20)18(15)24-8-6-22(7-9-24)13-17(25)23-4-2-1-3-5-23/h10-11H,1-9,13H2. The zero-order valence-electron chi connectivity index (χ0n) is 14.2. The SMILES string of the molecule is N#Cc1cc(F)c(N2CCN(CC(=O)N3CCCCC3)CC2)c(F)c1. The van der Waals surface area contributed by atoms with Gasteiger partial charge in [0.05, 0.1) is 18.2 Å². The van der Waals surface area contributed by atoms with E-state index in [9.17, 15) is 13.6 Å². The van der Waals surface area contributed by atoms with Crippen molar-refractivity contribution in [3.63, 3.8) is 0 Å². The summed E-state index contributed by atoms with van der Waals surface area (Å²) in [6.45, 7) is 4.10. The second-order valence-electron chi connectivity index (χ2n) is 6.60. The minimum Gasteiger partial charge on any atom is -0.364 e. The molecule has 0 unspecified atom stereocenters. The Kier molecular flexibility index (Phi) is 5.49. The molecule has 1 aromatic carbocycles. The van der Waals surface area contributed by atoms with Crippen molar-refractivity contribution < 1.29 is 13.6 Å². The largest absolute Gasteiger partial charge is 0.364 e. The van der Waals surface area contributed by atoms with Gasteiger partial charge in [0.15, 0.2) is 11.6 Å². The maximum atomic E-state index is 14.1. The molecule has 0 aliphatic carbocycles. The first-order chi connectivity index (χ1) is 12.1. The molecule has 0 bridgehead atoms. The van der Waals surface area contributed by atoms with Gasteiger partial charge >= 0.3 is 0 Å². The molecule has 0 spiro atoms. The Balaban J connectivity index is 1.57. The Hall–Kier alpha value is -2.20. The predicted molar refractivity (Wildman–Crippen MR) is 90.2 cm³/mol. The molecule has 5 nitrogen and oxygen atoms in total. The zero-order chi connectivity index (χ0) is 17.8. The van der Waals surface area contributed by atoms with Crippen molar-refractivity contribution in [1.29, 1.82) is 5.26 Å². The van der Waals surface area contributed by atoms with Gasteiger partial charge in [0.2, 0.25) is 5.91 Å². The lowest BCUT2D eigenvalue weighted by molar-refractivity contribution is -0.133. The van der Waals surface area contributed by atoms with E-state index >= 15 is 0 Å². The molecule has 2 aliphatic heterocycles. The van der Waals surface area contributed by atoms with Gasteiger partial charge in [0.25, 0.3) is 0 Å². The van der Waals surface area contributed by atoms with E-state index in [1.807, 2.05) is 9.80 Å². The van der Waals surface area contributed by atoms with Crippen LogP contribution in [0, 0.1) is 23.0 Å². The van der Waals surface area contributed by atoms with Crippen molar-refractivity contribution in [1.82, 2.24) is 9.80 Å². The Bertz CT molecular complexity index is 651. The second kappa shape index (κ2) is 7.79. The summed E-state index contributed by atoms with van der Waals surface area (Å²) < 4.78 is 28.3. The molecule has 2 fully saturated rings. The lowest BCUT2D eigenvalue weighted by Crippen LogP contribution is -2.51. The normalized spacial score (nSPS) is 18.9. The third-order valence-corrected chi connectivity index (χ3v) is 4.90. The van der Waals surface area contributed by atoms with Crippen molar-refractivity contribution in [3.05, 3.63) is 29.3 Å². The average molecular weight is 348 g/mol. The number of anilines is 1. The number of amides is 1. The molecule has 7 heteroatoms. The summed E-state index contributed by atoms with van der Waals surface area (Å²) in [4.78, 5) is 17.9. The molecule has 0 radical (unpaired) electrons. The fraction of sp³-hybridized carbons (Fsp3) is 0.556. The fourth-order valence-electron chi connectivity index (χ4n) is 3.50. The van der Waals surface area contributed by atoms with Crippen LogP contribution in [-0.4, -0.2) is 61.5 Å². The topological polar surface area (TPSA) is 50.6 Å². The Morgan fingerprint density at radius 2 is 1.60 bits per heavy atom. The second-order valence-corrected chi connectivity index (χ2v) is 6.60. The predicted octanol–water partition coefficient (Wildman–Crippen LogP) is 1.97. The van der Waals surface area contributed by atoms with Crippen molar-refractivity contribution >= 4 is 11.6 Å². The molecule has 0 atom stereocenters. The highest BCUT2D eigenvalue weighted by Crippen LogP contribution is 2.26. The Morgan fingerprint density at radius 1 is 1.00 bits per heavy atom. The number of piperazine rings is 1. The van der Waals surface area contributed by atoms with Crippen molar-refractivity contribution in [2.75, 3.05) is 50.7 Å². The highest BCUT2D eigenvalue weighted by Gasteiger charge is 2.25. The zero-order valence-corrected chi connectivity index (χ0v) is 14.2. The van der Waals surface area contributed by atoms with Gasteiger partial charge in [-0.2, -0.15) is 5.26 Å². The molecular formula is C18H22F2N4O. The summed E-state index contributed by atoms with van der Waals surface area (Å²) in [6, 6.07) is 3.87. The lowest BCUT2D eigenvalue weighted by Gasteiger charge is -2.37. The fourth-order valence-corrected chi connectivity index (χ4v) is 3.50. The number of nitrogens with zero attached hydrogens (tertiary/aromatic N) is 4. The third-order valence-electron chi connectivity index (χ3n) is 4.90. The van der Waals surface area contributed by atoms with Crippen LogP contribution in [0.3, 0.4) is 0 Å². The van der Waals surface area contributed by atoms with E-state index in [4.69, 9.17) is 5.26 Å². The molecule has 134 valence electrons. The smallest absolute Gasteiger partial charge is 0.236 e. The average Bonchev–Trinajstić information content (AvgIpc) is 2.63. The highest BCUT2D eigenvalue weighted by molar-refractivity contribution is 5.78. The number of carbonyl (C=O) groups is 1. The first-order valence-corrected chi connectivity index (χ1v) is 8.72. The first kappa shape index (κ1) is 17.6. The molecule has 25 heavy (non-hydrogen) atoms. The maximum absolute atomic E-state index is 14.1. The van der Waals surface area contributed by atoms with Gasteiger partial charge in [-0.3, -0.25) is 9.69 Å². The van der Waals surface area contributed by atoms with Crippen LogP contribution in [-0.2, 0) is 4.79 Å². The number of carbonyl (C=O) groups excluding carboxylic acids is 1. The molecule has 3 rings (SSSR count). The van der Waals surface area contributed by atoms with Crippen molar-refractivity contribution in [3.8, 4) is 6.07 Å². The van der Waals surface area contributed by atoms with Crippen molar-refractivity contribution in [2.24, 2.45) is 0 Å². The summed E-state index contributed by atoms with van der Waals surface area (Å²) >= 11 is 0. The third kappa shape index (κ3) is 4.07. The lowest BCUT2D eigenvalue weighted by atomic mass is 10.1. The van der Waals surface area contributed by atoms with E-state index in [1.54, 1.807) is 11.0 Å². The molecule has 0 N–H and O–H groups in total. The van der Waals surface area contributed by atoms with Gasteiger partial charge in [-0.25, -0.2) is 8.78 Å². The van der Waals surface area contributed by atoms with Crippen LogP contribution in [0.15, 0.2) is 12.1 Å². The quantitative estimate of drug-likeness (QED) is 0.838. The molecule has 0 saturated carbocycles. The van der Waals surface area contributed by atoms with Crippen LogP contribution in [0.2, 0.25) is 0 Å². The van der Waals surface area contributed by atoms with Crippen LogP contribution < -0.4 is 4.90 Å². The number of hydrogen-bond acceptors (Lipinski definition) is 4. The number of likely N-dealkylation sites (tertiary alicyclic amines) is 1. The highest BCUT2D eigenvalue weighted by atomic mass is 19.1. The van der Waals surface area contributed by atoms with Crippen LogP contribution in [0.25, 0.3) is 0 Å². The van der Waals surface area contributed by atoms with Crippen LogP contribution in [0.4, 0.5) is 14.5 Å². The van der Waals surface area contributed by atoms with E-state index in [-0.39, 0.29) is 17.2 Å². The molecule has 2 aliphatic rings. The van der Waals surface area contributed by atoms with Gasteiger partial charge in [-0.15, -0.1) is 0 Å². The van der Waals surface area contributed by atoms with Crippen molar-refractivity contribution in [2.45, 2.75) is 19.3 Å². The number of piperidine rings is 1. The first-order valence-electron chi connectivity index (χ1n) is 8.72. The van der Waals surface area contributed by atoms with Crippen LogP contribution >= 0.6 is 0 Å². The number of benzene rings is 1. The number of nitriles is 1. The molecule has 0 aromatic heterocycles. The van der Waals surface area contributed by atoms with Crippen LogP contribution in [0.1, 0.15) is 24.8 Å². The monoisotopic (exact) mass is 348 g/mol. The molecule has 2 saturated heterocycles. The van der Waals surface area contributed by atoms with E-state index in [0.717, 1.165) is 38.1 Å². The van der Waals surface area contributed by atoms with Gasteiger partial charge in [0, 0.05) is 39.3 Å². The van der Waals surface area contributed by atoms with Gasteiger partial charge in [-0.1, -0.05) is 0 Å². The number of rotatable bonds is 3. The van der Waals surface area contributed by atoms with Gasteiger partial charge < -0.3 is 9.80 Å². The van der Waals surface area contributed by atoms with Crippen LogP contribution in [0.5, 0.6) is 0 Å². The summed E-state index contributed by atoms with van der Waals surface area (Å²) in [5.41, 5.74) is -0.106. The van der Waals surface area contributed by atoms with Gasteiger partial charge in [0.1, 0.15) is 5.69 Å². The van der Waals surface area contributed by atoms with E-state index < -0.39 is 11.6 Å². The summed E-state index contributed by atoms with van der Waals surface area (Å²) in [7, 11) is 0. The van der Waals surface area contributed by atoms with E-state index in [2.05, 4.69) is 0 Å². The Labute approximate surface area is 146 Å². The minimum absolute atomic E-state index is 0.0236. The number of halogens is 2. The van der Waals surface area contributed by atoms with E-state index in [0.29, 0.717) is 32.7 Å².